The molecule has 2 heterocycles. The van der Waals surface area contributed by atoms with E-state index in [4.69, 9.17) is 0 Å². The van der Waals surface area contributed by atoms with Crippen LogP contribution in [0.4, 0.5) is 5.69 Å². The molecule has 1 N–H and O–H groups in total. The van der Waals surface area contributed by atoms with Crippen LogP contribution >= 0.6 is 0 Å². The second-order valence-electron chi connectivity index (χ2n) is 6.89. The highest BCUT2D eigenvalue weighted by Crippen LogP contribution is 2.22. The molecule has 0 unspecified atom stereocenters. The highest BCUT2D eigenvalue weighted by molar-refractivity contribution is 5.92. The summed E-state index contributed by atoms with van der Waals surface area (Å²) in [6.07, 6.45) is 4.87. The smallest absolute Gasteiger partial charge is 0.245 e. The third-order valence-corrected chi connectivity index (χ3v) is 5.02. The molecule has 1 saturated heterocycles. The van der Waals surface area contributed by atoms with E-state index in [9.17, 15) is 14.7 Å². The molecule has 0 bridgehead atoms. The molecule has 9 nitrogen and oxygen atoms in total. The Bertz CT molecular complexity index is 756. The van der Waals surface area contributed by atoms with Gasteiger partial charge in [0.25, 0.3) is 0 Å². The van der Waals surface area contributed by atoms with Gasteiger partial charge in [-0.2, -0.15) is 0 Å². The molecule has 1 aromatic carbocycles. The number of piperazine rings is 1. The molecule has 2 aromatic rings. The Kier molecular flexibility index (Phi) is 6.72. The van der Waals surface area contributed by atoms with Crippen LogP contribution < -0.4 is 4.90 Å². The Balaban J connectivity index is 1.80. The molecule has 1 aliphatic rings. The van der Waals surface area contributed by atoms with Gasteiger partial charge in [-0.3, -0.25) is 9.59 Å². The van der Waals surface area contributed by atoms with Crippen LogP contribution in [0.25, 0.3) is 5.69 Å². The Hall–Kier alpha value is -2.78. The minimum Gasteiger partial charge on any atom is -0.396 e. The number of carbonyl (C=O) groups is 2. The predicted molar refractivity (Wildman–Crippen MR) is 104 cm³/mol. The maximum Gasteiger partial charge on any atom is 0.245 e. The average molecular weight is 386 g/mol. The van der Waals surface area contributed by atoms with Crippen molar-refractivity contribution in [2.75, 3.05) is 44.7 Å². The van der Waals surface area contributed by atoms with Gasteiger partial charge in [0.15, 0.2) is 0 Å². The first-order valence-electron chi connectivity index (χ1n) is 9.42. The van der Waals surface area contributed by atoms with Crippen LogP contribution in [-0.2, 0) is 9.59 Å². The molecule has 9 heteroatoms. The normalized spacial score (nSPS) is 16.0. The second-order valence-corrected chi connectivity index (χ2v) is 6.89. The van der Waals surface area contributed by atoms with Gasteiger partial charge < -0.3 is 19.8 Å². The minimum absolute atomic E-state index is 0.0234. The Morgan fingerprint density at radius 2 is 1.96 bits per heavy atom. The van der Waals surface area contributed by atoms with Crippen molar-refractivity contribution in [3.63, 3.8) is 0 Å². The van der Waals surface area contributed by atoms with E-state index in [1.54, 1.807) is 29.2 Å². The van der Waals surface area contributed by atoms with Gasteiger partial charge in [-0.1, -0.05) is 5.21 Å². The lowest BCUT2D eigenvalue weighted by atomic mass is 10.1. The SMILES string of the molecule is CN1CCN(C(=O)[C@H](CCCO)N(C=O)c2ccc(-n3ccnn3)cc2)CC1. The van der Waals surface area contributed by atoms with Crippen LogP contribution in [0.15, 0.2) is 36.7 Å². The summed E-state index contributed by atoms with van der Waals surface area (Å²) in [5.41, 5.74) is 1.44. The molecule has 1 atom stereocenters. The molecular weight excluding hydrogens is 360 g/mol. The Morgan fingerprint density at radius 1 is 1.25 bits per heavy atom. The lowest BCUT2D eigenvalue weighted by molar-refractivity contribution is -0.135. The molecule has 1 aliphatic heterocycles. The fourth-order valence-electron chi connectivity index (χ4n) is 3.34. The van der Waals surface area contributed by atoms with E-state index in [-0.39, 0.29) is 12.5 Å². The summed E-state index contributed by atoms with van der Waals surface area (Å²) in [5, 5.41) is 17.0. The number of benzene rings is 1. The van der Waals surface area contributed by atoms with Crippen molar-refractivity contribution in [3.05, 3.63) is 36.7 Å². The molecule has 28 heavy (non-hydrogen) atoms. The third kappa shape index (κ3) is 4.55. The Labute approximate surface area is 164 Å². The summed E-state index contributed by atoms with van der Waals surface area (Å²) in [6.45, 7) is 2.88. The number of hydrogen-bond acceptors (Lipinski definition) is 6. The average Bonchev–Trinajstić information content (AvgIpc) is 3.26. The molecule has 1 aromatic heterocycles. The first kappa shape index (κ1) is 20.0. The molecule has 1 fully saturated rings. The maximum atomic E-state index is 13.1. The van der Waals surface area contributed by atoms with Crippen LogP contribution in [0.5, 0.6) is 0 Å². The summed E-state index contributed by atoms with van der Waals surface area (Å²) in [6, 6.07) is 6.59. The molecule has 2 amide bonds. The van der Waals surface area contributed by atoms with Crippen LogP contribution in [-0.4, -0.2) is 88.1 Å². The monoisotopic (exact) mass is 386 g/mol. The minimum atomic E-state index is -0.634. The fourth-order valence-corrected chi connectivity index (χ4v) is 3.34. The van der Waals surface area contributed by atoms with Crippen LogP contribution in [0.3, 0.4) is 0 Å². The van der Waals surface area contributed by atoms with E-state index in [0.717, 1.165) is 18.8 Å². The molecule has 0 saturated carbocycles. The zero-order valence-corrected chi connectivity index (χ0v) is 16.0. The number of amides is 2. The quantitative estimate of drug-likeness (QED) is 0.649. The van der Waals surface area contributed by atoms with E-state index >= 15 is 0 Å². The van der Waals surface area contributed by atoms with E-state index < -0.39 is 6.04 Å². The summed E-state index contributed by atoms with van der Waals surface area (Å²) >= 11 is 0. The standard InChI is InChI=1S/C19H26N6O3/c1-22-10-12-23(13-11-22)19(28)18(3-2-14-26)24(15-27)16-4-6-17(7-5-16)25-9-8-20-21-25/h4-9,15,18,26H,2-3,10-14H2,1H3/t18-/m0/s1. The number of aliphatic hydroxyl groups excluding tert-OH is 1. The van der Waals surface area contributed by atoms with Gasteiger partial charge in [-0.25, -0.2) is 4.68 Å². The lowest BCUT2D eigenvalue weighted by Crippen LogP contribution is -2.54. The molecule has 0 radical (unpaired) electrons. The molecule has 0 spiro atoms. The van der Waals surface area contributed by atoms with Crippen molar-refractivity contribution in [3.8, 4) is 5.69 Å². The van der Waals surface area contributed by atoms with Crippen LogP contribution in [0.2, 0.25) is 0 Å². The van der Waals surface area contributed by atoms with Gasteiger partial charge in [0.1, 0.15) is 6.04 Å². The number of anilines is 1. The summed E-state index contributed by atoms with van der Waals surface area (Å²) in [4.78, 5) is 30.5. The number of hydrogen-bond donors (Lipinski definition) is 1. The van der Waals surface area contributed by atoms with Crippen LogP contribution in [0, 0.1) is 0 Å². The number of carbonyl (C=O) groups excluding carboxylic acids is 2. The van der Waals surface area contributed by atoms with Crippen molar-refractivity contribution in [2.24, 2.45) is 0 Å². The van der Waals surface area contributed by atoms with Gasteiger partial charge >= 0.3 is 0 Å². The number of nitrogens with zero attached hydrogens (tertiary/aromatic N) is 6. The topological polar surface area (TPSA) is 94.8 Å². The van der Waals surface area contributed by atoms with E-state index in [1.807, 2.05) is 24.1 Å². The molecule has 150 valence electrons. The van der Waals surface area contributed by atoms with Gasteiger partial charge in [0, 0.05) is 38.5 Å². The molecule has 3 rings (SSSR count). The van der Waals surface area contributed by atoms with Gasteiger partial charge in [0.05, 0.1) is 18.1 Å². The summed E-state index contributed by atoms with van der Waals surface area (Å²) < 4.78 is 1.62. The largest absolute Gasteiger partial charge is 0.396 e. The highest BCUT2D eigenvalue weighted by Gasteiger charge is 2.31. The zero-order valence-electron chi connectivity index (χ0n) is 16.0. The van der Waals surface area contributed by atoms with E-state index in [2.05, 4.69) is 15.2 Å². The fraction of sp³-hybridized carbons (Fsp3) is 0.474. The van der Waals surface area contributed by atoms with Gasteiger partial charge in [-0.15, -0.1) is 5.10 Å². The van der Waals surface area contributed by atoms with Crippen molar-refractivity contribution >= 4 is 18.0 Å². The third-order valence-electron chi connectivity index (χ3n) is 5.02. The van der Waals surface area contributed by atoms with Crippen LogP contribution in [0.1, 0.15) is 12.8 Å². The van der Waals surface area contributed by atoms with E-state index in [1.165, 1.54) is 4.90 Å². The number of aromatic nitrogens is 3. The lowest BCUT2D eigenvalue weighted by Gasteiger charge is -2.37. The Morgan fingerprint density at radius 3 is 2.54 bits per heavy atom. The molecule has 0 aliphatic carbocycles. The van der Waals surface area contributed by atoms with Crippen molar-refractivity contribution in [2.45, 2.75) is 18.9 Å². The van der Waals surface area contributed by atoms with Crippen molar-refractivity contribution in [1.82, 2.24) is 24.8 Å². The number of likely N-dealkylation sites (N-methyl/N-ethyl adjacent to an activating group) is 1. The maximum absolute atomic E-state index is 13.1. The predicted octanol–water partition coefficient (Wildman–Crippen LogP) is 0.145. The second kappa shape index (κ2) is 9.43. The first-order valence-corrected chi connectivity index (χ1v) is 9.42. The van der Waals surface area contributed by atoms with Gasteiger partial charge in [0.2, 0.25) is 12.3 Å². The molecular formula is C19H26N6O3. The van der Waals surface area contributed by atoms with E-state index in [0.29, 0.717) is 38.0 Å². The highest BCUT2D eigenvalue weighted by atomic mass is 16.3. The first-order chi connectivity index (χ1) is 13.6. The number of aliphatic hydroxyl groups is 1. The van der Waals surface area contributed by atoms with Gasteiger partial charge in [-0.05, 0) is 44.2 Å². The number of rotatable bonds is 8. The van der Waals surface area contributed by atoms with Crippen molar-refractivity contribution < 1.29 is 14.7 Å². The summed E-state index contributed by atoms with van der Waals surface area (Å²) in [7, 11) is 2.03. The van der Waals surface area contributed by atoms with Crippen molar-refractivity contribution in [1.29, 1.82) is 0 Å². The summed E-state index contributed by atoms with van der Waals surface area (Å²) in [5.74, 6) is -0.0750. The zero-order chi connectivity index (χ0) is 19.9.